The van der Waals surface area contributed by atoms with E-state index in [1.54, 1.807) is 12.1 Å². The van der Waals surface area contributed by atoms with Crippen molar-refractivity contribution in [2.24, 2.45) is 0 Å². The number of halogens is 1. The number of carbonyl (C=O) groups excluding carboxylic acids is 1. The van der Waals surface area contributed by atoms with Crippen LogP contribution in [0, 0.1) is 12.7 Å². The number of aryl methyl sites for hydroxylation is 1. The first-order valence-electron chi connectivity index (χ1n) is 14.8. The van der Waals surface area contributed by atoms with Crippen LogP contribution in [0.2, 0.25) is 0 Å². The molecule has 44 heavy (non-hydrogen) atoms. The minimum absolute atomic E-state index is 0.102. The first-order chi connectivity index (χ1) is 21.5. The topological polar surface area (TPSA) is 87.5 Å². The van der Waals surface area contributed by atoms with E-state index in [-0.39, 0.29) is 17.9 Å². The van der Waals surface area contributed by atoms with Gasteiger partial charge >= 0.3 is 6.03 Å². The predicted molar refractivity (Wildman–Crippen MR) is 171 cm³/mol. The molecule has 3 aromatic carbocycles. The van der Waals surface area contributed by atoms with Crippen molar-refractivity contribution in [2.45, 2.75) is 32.4 Å². The molecule has 1 aliphatic rings. The van der Waals surface area contributed by atoms with Crippen molar-refractivity contribution in [3.8, 4) is 22.4 Å². The molecule has 2 N–H and O–H groups in total. The molecular weight excluding hydrogens is 553 g/mol. The summed E-state index contributed by atoms with van der Waals surface area (Å²) in [5.41, 5.74) is 8.35. The van der Waals surface area contributed by atoms with E-state index >= 15 is 0 Å². The molecule has 7 rings (SSSR count). The van der Waals surface area contributed by atoms with Crippen molar-refractivity contribution in [1.82, 2.24) is 29.8 Å². The number of fused-ring (bicyclic) bond motifs is 3. The molecule has 0 bridgehead atoms. The van der Waals surface area contributed by atoms with Crippen molar-refractivity contribution in [2.75, 3.05) is 18.4 Å². The van der Waals surface area contributed by atoms with E-state index in [0.29, 0.717) is 5.69 Å². The molecule has 0 unspecified atom stereocenters. The molecule has 3 aromatic heterocycles. The van der Waals surface area contributed by atoms with Gasteiger partial charge in [-0.15, -0.1) is 0 Å². The second-order valence-electron chi connectivity index (χ2n) is 11.3. The van der Waals surface area contributed by atoms with Crippen molar-refractivity contribution in [3.63, 3.8) is 0 Å². The zero-order chi connectivity index (χ0) is 30.0. The van der Waals surface area contributed by atoms with Gasteiger partial charge in [0.05, 0.1) is 11.4 Å². The van der Waals surface area contributed by atoms with Crippen LogP contribution in [0.25, 0.3) is 39.1 Å². The number of urea groups is 1. The number of carbonyl (C=O) groups is 1. The quantitative estimate of drug-likeness (QED) is 0.223. The molecule has 8 nitrogen and oxygen atoms in total. The molecule has 6 aromatic rings. The van der Waals surface area contributed by atoms with Crippen LogP contribution in [0.15, 0.2) is 97.2 Å². The molecule has 1 saturated heterocycles. The third kappa shape index (κ3) is 5.87. The van der Waals surface area contributed by atoms with Gasteiger partial charge in [0, 0.05) is 60.1 Å². The zero-order valence-corrected chi connectivity index (χ0v) is 24.4. The number of amides is 2. The lowest BCUT2D eigenvalue weighted by atomic mass is 9.97. The van der Waals surface area contributed by atoms with Crippen LogP contribution in [0.3, 0.4) is 0 Å². The summed E-state index contributed by atoms with van der Waals surface area (Å²) in [5, 5.41) is 11.4. The van der Waals surface area contributed by atoms with Gasteiger partial charge in [0.1, 0.15) is 5.82 Å². The number of aromatic nitrogens is 4. The monoisotopic (exact) mass is 585 g/mol. The first-order valence-corrected chi connectivity index (χ1v) is 14.8. The Balaban J connectivity index is 1.05. The van der Waals surface area contributed by atoms with E-state index < -0.39 is 0 Å². The second kappa shape index (κ2) is 11.9. The number of nitrogens with one attached hydrogen (secondary N) is 2. The predicted octanol–water partition coefficient (Wildman–Crippen LogP) is 6.85. The number of hydrogen-bond acceptors (Lipinski definition) is 5. The Morgan fingerprint density at radius 3 is 2.43 bits per heavy atom. The summed E-state index contributed by atoms with van der Waals surface area (Å²) in [6.45, 7) is 4.58. The first kappa shape index (κ1) is 27.7. The summed E-state index contributed by atoms with van der Waals surface area (Å²) in [6, 6.07) is 28.7. The van der Waals surface area contributed by atoms with Crippen LogP contribution < -0.4 is 10.6 Å². The van der Waals surface area contributed by atoms with Gasteiger partial charge < -0.3 is 10.6 Å². The lowest BCUT2D eigenvalue weighted by Gasteiger charge is -2.32. The molecule has 220 valence electrons. The van der Waals surface area contributed by atoms with Crippen molar-refractivity contribution in [3.05, 3.63) is 114 Å². The largest absolute Gasteiger partial charge is 0.335 e. The summed E-state index contributed by atoms with van der Waals surface area (Å²) in [4.78, 5) is 24.6. The summed E-state index contributed by atoms with van der Waals surface area (Å²) in [6.07, 6.45) is 3.61. The van der Waals surface area contributed by atoms with E-state index in [1.807, 2.05) is 41.9 Å². The molecule has 0 saturated carbocycles. The van der Waals surface area contributed by atoms with E-state index in [4.69, 9.17) is 4.98 Å². The van der Waals surface area contributed by atoms with E-state index in [9.17, 15) is 9.18 Å². The molecule has 2 amide bonds. The minimum atomic E-state index is -0.329. The molecular formula is C35H32FN7O. The summed E-state index contributed by atoms with van der Waals surface area (Å²) < 4.78 is 14.9. The Kier molecular flexibility index (Phi) is 7.45. The lowest BCUT2D eigenvalue weighted by molar-refractivity contribution is 0.190. The molecule has 9 heteroatoms. The number of pyridine rings is 1. The van der Waals surface area contributed by atoms with Crippen LogP contribution >= 0.6 is 0 Å². The SMILES string of the molecule is Cc1cc2ncc3cc(-c4ccccc4)c(-c4ccc(CN5CCC(NC(=O)Nc6ccc(F)cc6)CC5)cc4)nc3n2n1. The van der Waals surface area contributed by atoms with E-state index in [0.717, 1.165) is 77.2 Å². The van der Waals surface area contributed by atoms with Crippen molar-refractivity contribution >= 4 is 28.4 Å². The number of anilines is 1. The van der Waals surface area contributed by atoms with Crippen LogP contribution in [0.4, 0.5) is 14.9 Å². The zero-order valence-electron chi connectivity index (χ0n) is 24.4. The molecule has 0 atom stereocenters. The Morgan fingerprint density at radius 2 is 1.68 bits per heavy atom. The van der Waals surface area contributed by atoms with E-state index in [2.05, 4.69) is 68.1 Å². The third-order valence-electron chi connectivity index (χ3n) is 8.12. The molecule has 0 aliphatic carbocycles. The number of benzene rings is 3. The Hall–Kier alpha value is -5.15. The maximum absolute atomic E-state index is 13.1. The Bertz CT molecular complexity index is 1930. The normalized spacial score (nSPS) is 14.2. The standard InChI is InChI=1S/C35H32FN7O/c1-23-19-32-37-21-27-20-31(25-5-3-2-4-6-25)33(40-34(27)43(32)41-23)26-9-7-24(8-10-26)22-42-17-15-30(16-18-42)39-35(44)38-29-13-11-28(36)12-14-29/h2-14,19-21,30H,15-18,22H2,1H3,(H2,38,39,44). The van der Waals surface area contributed by atoms with Crippen molar-refractivity contribution < 1.29 is 9.18 Å². The lowest BCUT2D eigenvalue weighted by Crippen LogP contribution is -2.45. The average Bonchev–Trinajstić information content (AvgIpc) is 3.44. The van der Waals surface area contributed by atoms with Gasteiger partial charge in [-0.1, -0.05) is 54.6 Å². The summed E-state index contributed by atoms with van der Waals surface area (Å²) >= 11 is 0. The van der Waals surface area contributed by atoms with Gasteiger partial charge in [0.25, 0.3) is 0 Å². The highest BCUT2D eigenvalue weighted by Crippen LogP contribution is 2.33. The Labute approximate surface area is 254 Å². The minimum Gasteiger partial charge on any atom is -0.335 e. The molecule has 1 fully saturated rings. The average molecular weight is 586 g/mol. The number of hydrogen-bond donors (Lipinski definition) is 2. The van der Waals surface area contributed by atoms with Gasteiger partial charge in [-0.25, -0.2) is 19.2 Å². The van der Waals surface area contributed by atoms with Gasteiger partial charge in [-0.2, -0.15) is 9.61 Å². The maximum Gasteiger partial charge on any atom is 0.319 e. The smallest absolute Gasteiger partial charge is 0.319 e. The number of nitrogens with zero attached hydrogens (tertiary/aromatic N) is 5. The number of piperidine rings is 1. The molecule has 1 aliphatic heterocycles. The maximum atomic E-state index is 13.1. The van der Waals surface area contributed by atoms with Gasteiger partial charge in [-0.05, 0) is 61.2 Å². The van der Waals surface area contributed by atoms with Crippen LogP contribution in [-0.4, -0.2) is 49.6 Å². The fraction of sp³-hybridized carbons (Fsp3) is 0.200. The third-order valence-corrected chi connectivity index (χ3v) is 8.12. The van der Waals surface area contributed by atoms with Gasteiger partial charge in [-0.3, -0.25) is 4.90 Å². The molecule has 4 heterocycles. The number of rotatable bonds is 6. The van der Waals surface area contributed by atoms with Crippen LogP contribution in [0.1, 0.15) is 24.1 Å². The summed E-state index contributed by atoms with van der Waals surface area (Å²) in [5.74, 6) is -0.329. The Morgan fingerprint density at radius 1 is 0.932 bits per heavy atom. The number of likely N-dealkylation sites (tertiary alicyclic amines) is 1. The highest BCUT2D eigenvalue weighted by atomic mass is 19.1. The second-order valence-corrected chi connectivity index (χ2v) is 11.3. The van der Waals surface area contributed by atoms with E-state index in [1.165, 1.54) is 17.7 Å². The molecule has 0 spiro atoms. The fourth-order valence-electron chi connectivity index (χ4n) is 5.86. The van der Waals surface area contributed by atoms with Crippen LogP contribution in [0.5, 0.6) is 0 Å². The van der Waals surface area contributed by atoms with Gasteiger partial charge in [0.15, 0.2) is 11.3 Å². The van der Waals surface area contributed by atoms with Crippen LogP contribution in [-0.2, 0) is 6.54 Å². The molecule has 0 radical (unpaired) electrons. The highest BCUT2D eigenvalue weighted by Gasteiger charge is 2.21. The fourth-order valence-corrected chi connectivity index (χ4v) is 5.86. The van der Waals surface area contributed by atoms with Crippen molar-refractivity contribution in [1.29, 1.82) is 0 Å². The summed E-state index contributed by atoms with van der Waals surface area (Å²) in [7, 11) is 0. The highest BCUT2D eigenvalue weighted by molar-refractivity contribution is 5.91. The van der Waals surface area contributed by atoms with Gasteiger partial charge in [0.2, 0.25) is 0 Å².